The maximum absolute atomic E-state index is 11.3. The zero-order valence-electron chi connectivity index (χ0n) is 9.86. The molecule has 2 amide bonds. The summed E-state index contributed by atoms with van der Waals surface area (Å²) in [4.78, 5) is 16.5. The van der Waals surface area contributed by atoms with Crippen LogP contribution in [0.5, 0.6) is 0 Å². The van der Waals surface area contributed by atoms with E-state index in [0.29, 0.717) is 13.1 Å². The Morgan fingerprint density at radius 2 is 2.35 bits per heavy atom. The fourth-order valence-corrected chi connectivity index (χ4v) is 2.14. The van der Waals surface area contributed by atoms with Crippen LogP contribution in [0.4, 0.5) is 4.79 Å². The molecule has 0 saturated carbocycles. The van der Waals surface area contributed by atoms with Crippen molar-refractivity contribution in [2.75, 3.05) is 6.54 Å². The number of hydrogen-bond acceptors (Lipinski definition) is 4. The molecule has 17 heavy (non-hydrogen) atoms. The lowest BCUT2D eigenvalue weighted by Gasteiger charge is -2.04. The van der Waals surface area contributed by atoms with Gasteiger partial charge in [-0.05, 0) is 13.3 Å². The highest BCUT2D eigenvalue weighted by atomic mass is 32.1. The van der Waals surface area contributed by atoms with Gasteiger partial charge < -0.3 is 10.6 Å². The molecule has 0 aliphatic rings. The van der Waals surface area contributed by atoms with Gasteiger partial charge in [-0.3, -0.25) is 0 Å². The Balaban J connectivity index is 1.90. The number of amides is 2. The first-order valence-electron chi connectivity index (χ1n) is 5.52. The summed E-state index contributed by atoms with van der Waals surface area (Å²) in [6.45, 7) is 5.06. The Labute approximate surface area is 103 Å². The van der Waals surface area contributed by atoms with Crippen LogP contribution in [-0.2, 0) is 6.54 Å². The lowest BCUT2D eigenvalue weighted by Crippen LogP contribution is -2.35. The number of rotatable bonds is 4. The lowest BCUT2D eigenvalue weighted by atomic mass is 10.4. The van der Waals surface area contributed by atoms with Gasteiger partial charge in [-0.15, -0.1) is 0 Å². The van der Waals surface area contributed by atoms with E-state index in [0.717, 1.165) is 22.1 Å². The first-order chi connectivity index (χ1) is 8.19. The zero-order valence-corrected chi connectivity index (χ0v) is 10.7. The van der Waals surface area contributed by atoms with E-state index in [4.69, 9.17) is 0 Å². The van der Waals surface area contributed by atoms with Crippen LogP contribution in [-0.4, -0.2) is 27.2 Å². The number of hydrogen-bond donors (Lipinski definition) is 2. The van der Waals surface area contributed by atoms with Gasteiger partial charge >= 0.3 is 6.03 Å². The maximum atomic E-state index is 11.3. The molecular formula is C10H15N5OS. The number of carbonyl (C=O) groups is 1. The maximum Gasteiger partial charge on any atom is 0.315 e. The molecule has 2 aromatic heterocycles. The molecule has 6 nitrogen and oxygen atoms in total. The molecule has 0 saturated heterocycles. The smallest absolute Gasteiger partial charge is 0.315 e. The molecule has 2 rings (SSSR count). The molecule has 7 heteroatoms. The van der Waals surface area contributed by atoms with Gasteiger partial charge in [-0.25, -0.2) is 14.3 Å². The van der Waals surface area contributed by atoms with E-state index in [2.05, 4.69) is 20.7 Å². The van der Waals surface area contributed by atoms with Gasteiger partial charge in [-0.1, -0.05) is 18.3 Å². The second kappa shape index (κ2) is 5.13. The first kappa shape index (κ1) is 11.8. The van der Waals surface area contributed by atoms with Crippen LogP contribution in [0.15, 0.2) is 6.20 Å². The van der Waals surface area contributed by atoms with Crippen molar-refractivity contribution in [2.24, 2.45) is 0 Å². The van der Waals surface area contributed by atoms with E-state index in [1.807, 2.05) is 20.0 Å². The van der Waals surface area contributed by atoms with Crippen molar-refractivity contribution in [2.45, 2.75) is 26.8 Å². The molecule has 92 valence electrons. The average molecular weight is 253 g/mol. The summed E-state index contributed by atoms with van der Waals surface area (Å²) in [7, 11) is 0. The number of carbonyl (C=O) groups excluding carboxylic acids is 1. The molecule has 0 fully saturated rings. The standard InChI is InChI=1S/C10H15N5OS/c1-3-4-11-9(16)12-5-8-6-15-10(13-8)17-7(2)14-15/h6H,3-5H2,1-2H3,(H2,11,12,16). The van der Waals surface area contributed by atoms with E-state index in [-0.39, 0.29) is 6.03 Å². The minimum atomic E-state index is -0.160. The Bertz CT molecular complexity index is 486. The minimum absolute atomic E-state index is 0.160. The van der Waals surface area contributed by atoms with E-state index in [1.165, 1.54) is 11.3 Å². The van der Waals surface area contributed by atoms with E-state index >= 15 is 0 Å². The van der Waals surface area contributed by atoms with Crippen LogP contribution in [0.2, 0.25) is 0 Å². The molecular weight excluding hydrogens is 238 g/mol. The third-order valence-electron chi connectivity index (χ3n) is 2.16. The first-order valence-corrected chi connectivity index (χ1v) is 6.34. The Morgan fingerprint density at radius 3 is 3.06 bits per heavy atom. The number of urea groups is 1. The molecule has 0 bridgehead atoms. The highest BCUT2D eigenvalue weighted by Gasteiger charge is 2.06. The van der Waals surface area contributed by atoms with Crippen LogP contribution in [0.25, 0.3) is 4.96 Å². The summed E-state index contributed by atoms with van der Waals surface area (Å²) >= 11 is 1.53. The second-order valence-corrected chi connectivity index (χ2v) is 4.85. The number of aromatic nitrogens is 3. The van der Waals surface area contributed by atoms with Gasteiger partial charge in [0.2, 0.25) is 4.96 Å². The predicted molar refractivity (Wildman–Crippen MR) is 66.1 cm³/mol. The van der Waals surface area contributed by atoms with Gasteiger partial charge in [0, 0.05) is 6.54 Å². The molecule has 0 radical (unpaired) electrons. The highest BCUT2D eigenvalue weighted by Crippen LogP contribution is 2.13. The summed E-state index contributed by atoms with van der Waals surface area (Å²) in [5, 5.41) is 10.7. The summed E-state index contributed by atoms with van der Waals surface area (Å²) in [6.07, 6.45) is 2.76. The van der Waals surface area contributed by atoms with Gasteiger partial charge in [0.05, 0.1) is 18.4 Å². The Morgan fingerprint density at radius 1 is 1.53 bits per heavy atom. The molecule has 0 aliphatic carbocycles. The van der Waals surface area contributed by atoms with Crippen molar-refractivity contribution in [3.05, 3.63) is 16.9 Å². The molecule has 0 spiro atoms. The molecule has 0 atom stereocenters. The molecule has 0 aliphatic heterocycles. The predicted octanol–water partition coefficient (Wildman–Crippen LogP) is 1.31. The van der Waals surface area contributed by atoms with Crippen molar-refractivity contribution in [1.82, 2.24) is 25.2 Å². The van der Waals surface area contributed by atoms with E-state index in [9.17, 15) is 4.79 Å². The molecule has 0 aromatic carbocycles. The van der Waals surface area contributed by atoms with E-state index < -0.39 is 0 Å². The van der Waals surface area contributed by atoms with Crippen LogP contribution >= 0.6 is 11.3 Å². The summed E-state index contributed by atoms with van der Waals surface area (Å²) in [5.74, 6) is 0. The number of fused-ring (bicyclic) bond motifs is 1. The van der Waals surface area contributed by atoms with Gasteiger partial charge in [0.1, 0.15) is 5.01 Å². The topological polar surface area (TPSA) is 71.3 Å². The molecule has 0 unspecified atom stereocenters. The third kappa shape index (κ3) is 2.94. The number of nitrogens with one attached hydrogen (secondary N) is 2. The zero-order chi connectivity index (χ0) is 12.3. The van der Waals surface area contributed by atoms with Crippen molar-refractivity contribution >= 4 is 22.3 Å². The number of nitrogens with zero attached hydrogens (tertiary/aromatic N) is 3. The number of imidazole rings is 1. The van der Waals surface area contributed by atoms with E-state index in [1.54, 1.807) is 4.52 Å². The Kier molecular flexibility index (Phi) is 3.58. The Hall–Kier alpha value is -1.63. The fraction of sp³-hybridized carbons (Fsp3) is 0.500. The largest absolute Gasteiger partial charge is 0.338 e. The summed E-state index contributed by atoms with van der Waals surface area (Å²) in [5.41, 5.74) is 0.815. The van der Waals surface area contributed by atoms with Crippen molar-refractivity contribution in [3.63, 3.8) is 0 Å². The van der Waals surface area contributed by atoms with Crippen LogP contribution in [0.1, 0.15) is 24.0 Å². The highest BCUT2D eigenvalue weighted by molar-refractivity contribution is 7.16. The van der Waals surface area contributed by atoms with Gasteiger partial charge in [-0.2, -0.15) is 5.10 Å². The second-order valence-electron chi connectivity index (χ2n) is 3.69. The molecule has 2 N–H and O–H groups in total. The monoisotopic (exact) mass is 253 g/mol. The third-order valence-corrected chi connectivity index (χ3v) is 3.00. The fourth-order valence-electron chi connectivity index (χ4n) is 1.40. The molecule has 2 aromatic rings. The van der Waals surface area contributed by atoms with Crippen molar-refractivity contribution in [3.8, 4) is 0 Å². The van der Waals surface area contributed by atoms with Crippen LogP contribution in [0, 0.1) is 6.92 Å². The molecule has 2 heterocycles. The normalized spacial score (nSPS) is 10.7. The minimum Gasteiger partial charge on any atom is -0.338 e. The van der Waals surface area contributed by atoms with Gasteiger partial charge in [0.25, 0.3) is 0 Å². The van der Waals surface area contributed by atoms with Crippen molar-refractivity contribution in [1.29, 1.82) is 0 Å². The van der Waals surface area contributed by atoms with Crippen LogP contribution in [0.3, 0.4) is 0 Å². The van der Waals surface area contributed by atoms with Crippen molar-refractivity contribution < 1.29 is 4.79 Å². The van der Waals surface area contributed by atoms with Gasteiger partial charge in [0.15, 0.2) is 0 Å². The van der Waals surface area contributed by atoms with Crippen LogP contribution < -0.4 is 10.6 Å². The quantitative estimate of drug-likeness (QED) is 0.863. The summed E-state index contributed by atoms with van der Waals surface area (Å²) < 4.78 is 1.74. The number of aryl methyl sites for hydroxylation is 1. The SMILES string of the molecule is CCCNC(=O)NCc1cn2nc(C)sc2n1. The average Bonchev–Trinajstić information content (AvgIpc) is 2.80. The summed E-state index contributed by atoms with van der Waals surface area (Å²) in [6, 6.07) is -0.160. The lowest BCUT2D eigenvalue weighted by molar-refractivity contribution is 0.240.